The van der Waals surface area contributed by atoms with Crippen molar-refractivity contribution in [1.82, 2.24) is 15.0 Å². The molecule has 3 rings (SSSR count). The van der Waals surface area contributed by atoms with Gasteiger partial charge in [-0.25, -0.2) is 4.98 Å². The van der Waals surface area contributed by atoms with Crippen molar-refractivity contribution in [2.45, 2.75) is 19.8 Å². The van der Waals surface area contributed by atoms with Crippen LogP contribution in [0, 0.1) is 0 Å². The Hall–Kier alpha value is -3.68. The molecular weight excluding hydrogens is 366 g/mol. The molecule has 0 saturated heterocycles. The molecule has 0 fully saturated rings. The molecule has 150 valence electrons. The number of rotatable bonds is 9. The smallest absolute Gasteiger partial charge is 0.260 e. The van der Waals surface area contributed by atoms with E-state index in [1.807, 2.05) is 12.1 Å². The van der Waals surface area contributed by atoms with Gasteiger partial charge in [-0.3, -0.25) is 9.78 Å². The molecule has 1 aromatic carbocycles. The highest BCUT2D eigenvalue weighted by Crippen LogP contribution is 2.18. The molecule has 3 aromatic rings. The Morgan fingerprint density at radius 1 is 1.10 bits per heavy atom. The summed E-state index contributed by atoms with van der Waals surface area (Å²) in [6, 6.07) is 11.0. The molecule has 0 spiro atoms. The van der Waals surface area contributed by atoms with Gasteiger partial charge in [0.2, 0.25) is 5.95 Å². The molecule has 0 aliphatic carbocycles. The average Bonchev–Trinajstić information content (AvgIpc) is 2.73. The maximum absolute atomic E-state index is 12.7. The summed E-state index contributed by atoms with van der Waals surface area (Å²) >= 11 is 0. The highest BCUT2D eigenvalue weighted by atomic mass is 16.1. The molecule has 0 bridgehead atoms. The minimum Gasteiger partial charge on any atom is -0.399 e. The predicted molar refractivity (Wildman–Crippen MR) is 116 cm³/mol. The van der Waals surface area contributed by atoms with Crippen molar-refractivity contribution in [3.05, 3.63) is 66.1 Å². The number of anilines is 4. The lowest BCUT2D eigenvalue weighted by molar-refractivity contribution is 0.102. The molecule has 0 radical (unpaired) electrons. The van der Waals surface area contributed by atoms with Crippen molar-refractivity contribution < 1.29 is 4.79 Å². The lowest BCUT2D eigenvalue weighted by Crippen LogP contribution is -2.18. The minimum atomic E-state index is -0.294. The first-order valence-electron chi connectivity index (χ1n) is 9.56. The van der Waals surface area contributed by atoms with Gasteiger partial charge in [-0.1, -0.05) is 13.0 Å². The normalized spacial score (nSPS) is 10.4. The number of nitrogen functional groups attached to an aromatic ring is 1. The summed E-state index contributed by atoms with van der Waals surface area (Å²) in [7, 11) is 0. The summed E-state index contributed by atoms with van der Waals surface area (Å²) in [5.41, 5.74) is 8.53. The number of nitrogens with two attached hydrogens (primary N) is 1. The monoisotopic (exact) mass is 391 g/mol. The summed E-state index contributed by atoms with van der Waals surface area (Å²) < 4.78 is 0. The molecule has 0 saturated carbocycles. The van der Waals surface area contributed by atoms with Crippen LogP contribution in [-0.4, -0.2) is 33.9 Å². The van der Waals surface area contributed by atoms with E-state index in [1.54, 1.807) is 36.7 Å². The topological polar surface area (TPSA) is 118 Å². The van der Waals surface area contributed by atoms with Crippen LogP contribution in [-0.2, 0) is 6.42 Å². The highest BCUT2D eigenvalue weighted by molar-refractivity contribution is 6.07. The van der Waals surface area contributed by atoms with Crippen LogP contribution in [0.3, 0.4) is 0 Å². The van der Waals surface area contributed by atoms with Gasteiger partial charge in [0.1, 0.15) is 11.4 Å². The molecule has 0 aliphatic heterocycles. The van der Waals surface area contributed by atoms with Gasteiger partial charge in [0.15, 0.2) is 0 Å². The molecule has 29 heavy (non-hydrogen) atoms. The number of pyridine rings is 1. The second-order valence-electron chi connectivity index (χ2n) is 6.49. The van der Waals surface area contributed by atoms with E-state index in [1.165, 1.54) is 11.8 Å². The number of aromatic nitrogens is 3. The maximum atomic E-state index is 12.7. The van der Waals surface area contributed by atoms with E-state index < -0.39 is 0 Å². The zero-order valence-electron chi connectivity index (χ0n) is 16.4. The lowest BCUT2D eigenvalue weighted by atomic mass is 10.2. The van der Waals surface area contributed by atoms with Crippen LogP contribution in [0.25, 0.3) is 0 Å². The number of carbonyl (C=O) groups is 1. The third kappa shape index (κ3) is 5.90. The molecule has 8 heteroatoms. The molecule has 2 heterocycles. The predicted octanol–water partition coefficient (Wildman–Crippen LogP) is 3.18. The fraction of sp³-hybridized carbons (Fsp3) is 0.238. The van der Waals surface area contributed by atoms with Gasteiger partial charge in [-0.05, 0) is 48.7 Å². The number of carbonyl (C=O) groups excluding carboxylic acids is 1. The fourth-order valence-electron chi connectivity index (χ4n) is 2.69. The standard InChI is InChI=1S/C21H25N7O/c1-2-9-24-19-18(20(29)27-17-5-3-4-16(22)13-17)14-26-21(28-19)25-12-8-15-6-10-23-11-7-15/h3-7,10-11,13-14H,2,8-9,12,22H2,1H3,(H,27,29)(H2,24,25,26,28). The first-order chi connectivity index (χ1) is 14.2. The van der Waals surface area contributed by atoms with E-state index in [0.29, 0.717) is 41.8 Å². The van der Waals surface area contributed by atoms with Gasteiger partial charge >= 0.3 is 0 Å². The van der Waals surface area contributed by atoms with E-state index >= 15 is 0 Å². The van der Waals surface area contributed by atoms with Crippen LogP contribution in [0.4, 0.5) is 23.1 Å². The second-order valence-corrected chi connectivity index (χ2v) is 6.49. The van der Waals surface area contributed by atoms with Crippen molar-refractivity contribution in [2.24, 2.45) is 0 Å². The third-order valence-corrected chi connectivity index (χ3v) is 4.17. The summed E-state index contributed by atoms with van der Waals surface area (Å²) in [6.45, 7) is 3.42. The fourth-order valence-corrected chi connectivity index (χ4v) is 2.69. The summed E-state index contributed by atoms with van der Waals surface area (Å²) in [5, 5.41) is 9.24. The van der Waals surface area contributed by atoms with Gasteiger partial charge < -0.3 is 21.7 Å². The van der Waals surface area contributed by atoms with E-state index in [2.05, 4.69) is 37.8 Å². The molecule has 0 unspecified atom stereocenters. The molecule has 0 atom stereocenters. The van der Waals surface area contributed by atoms with Gasteiger partial charge in [-0.15, -0.1) is 0 Å². The highest BCUT2D eigenvalue weighted by Gasteiger charge is 2.15. The maximum Gasteiger partial charge on any atom is 0.260 e. The van der Waals surface area contributed by atoms with Crippen LogP contribution in [0.5, 0.6) is 0 Å². The van der Waals surface area contributed by atoms with E-state index in [9.17, 15) is 4.79 Å². The lowest BCUT2D eigenvalue weighted by Gasteiger charge is -2.13. The number of benzene rings is 1. The van der Waals surface area contributed by atoms with E-state index in [-0.39, 0.29) is 5.91 Å². The Balaban J connectivity index is 1.70. The number of nitrogens with one attached hydrogen (secondary N) is 3. The van der Waals surface area contributed by atoms with Crippen LogP contribution < -0.4 is 21.7 Å². The number of hydrogen-bond acceptors (Lipinski definition) is 7. The summed E-state index contributed by atoms with van der Waals surface area (Å²) in [6.07, 6.45) is 6.80. The first-order valence-corrected chi connectivity index (χ1v) is 9.56. The Morgan fingerprint density at radius 3 is 2.69 bits per heavy atom. The molecule has 1 amide bonds. The van der Waals surface area contributed by atoms with Crippen molar-refractivity contribution in [2.75, 3.05) is 34.8 Å². The summed E-state index contributed by atoms with van der Waals surface area (Å²) in [5.74, 6) is 0.672. The largest absolute Gasteiger partial charge is 0.399 e. The average molecular weight is 391 g/mol. The zero-order chi connectivity index (χ0) is 20.5. The molecular formula is C21H25N7O. The Labute approximate surface area is 170 Å². The first kappa shape index (κ1) is 20.1. The van der Waals surface area contributed by atoms with Crippen molar-refractivity contribution in [3.8, 4) is 0 Å². The van der Waals surface area contributed by atoms with Crippen molar-refractivity contribution in [1.29, 1.82) is 0 Å². The minimum absolute atomic E-state index is 0.294. The Morgan fingerprint density at radius 2 is 1.93 bits per heavy atom. The molecule has 0 aliphatic rings. The van der Waals surface area contributed by atoms with Gasteiger partial charge in [0.05, 0.1) is 0 Å². The van der Waals surface area contributed by atoms with Crippen LogP contribution in [0.15, 0.2) is 55.0 Å². The van der Waals surface area contributed by atoms with Crippen LogP contribution in [0.1, 0.15) is 29.3 Å². The quantitative estimate of drug-likeness (QED) is 0.414. The van der Waals surface area contributed by atoms with Gasteiger partial charge in [0, 0.05) is 43.1 Å². The van der Waals surface area contributed by atoms with Crippen molar-refractivity contribution in [3.63, 3.8) is 0 Å². The SMILES string of the molecule is CCCNc1nc(NCCc2ccncc2)ncc1C(=O)Nc1cccc(N)c1. The van der Waals surface area contributed by atoms with Crippen molar-refractivity contribution >= 4 is 29.0 Å². The molecule has 2 aromatic heterocycles. The Bertz CT molecular complexity index is 947. The number of nitrogens with zero attached hydrogens (tertiary/aromatic N) is 3. The van der Waals surface area contributed by atoms with E-state index in [0.717, 1.165) is 12.8 Å². The zero-order valence-corrected chi connectivity index (χ0v) is 16.4. The van der Waals surface area contributed by atoms with Crippen LogP contribution in [0.2, 0.25) is 0 Å². The summed E-state index contributed by atoms with van der Waals surface area (Å²) in [4.78, 5) is 25.5. The third-order valence-electron chi connectivity index (χ3n) is 4.17. The second kappa shape index (κ2) is 10.0. The molecule has 5 N–H and O–H groups in total. The van der Waals surface area contributed by atoms with Gasteiger partial charge in [-0.2, -0.15) is 4.98 Å². The number of amides is 1. The van der Waals surface area contributed by atoms with E-state index in [4.69, 9.17) is 5.73 Å². The van der Waals surface area contributed by atoms with Gasteiger partial charge in [0.25, 0.3) is 5.91 Å². The number of hydrogen-bond donors (Lipinski definition) is 4. The van der Waals surface area contributed by atoms with Crippen LogP contribution >= 0.6 is 0 Å². The molecule has 8 nitrogen and oxygen atoms in total. The Kier molecular flexibility index (Phi) is 6.94.